The van der Waals surface area contributed by atoms with E-state index in [0.29, 0.717) is 11.9 Å². The Hall–Kier alpha value is -3.09. The van der Waals surface area contributed by atoms with Gasteiger partial charge in [-0.1, -0.05) is 12.1 Å². The molecule has 0 radical (unpaired) electrons. The normalized spacial score (nSPS) is 12.1. The molecule has 0 unspecified atom stereocenters. The number of nitrogens with one attached hydrogen (secondary N) is 2. The number of benzene rings is 2. The number of ketones is 1. The van der Waals surface area contributed by atoms with Crippen LogP contribution in [0.3, 0.4) is 0 Å². The minimum Gasteiger partial charge on any atom is -0.346 e. The summed E-state index contributed by atoms with van der Waals surface area (Å²) >= 11 is 0. The Balaban J connectivity index is 1.57. The second kappa shape index (κ2) is 7.43. The van der Waals surface area contributed by atoms with Crippen molar-refractivity contribution in [1.29, 1.82) is 0 Å². The van der Waals surface area contributed by atoms with Crippen LogP contribution in [0, 0.1) is 11.6 Å². The maximum Gasteiger partial charge on any atom is 0.221 e. The summed E-state index contributed by atoms with van der Waals surface area (Å²) in [6.45, 7) is 1.77. The highest BCUT2D eigenvalue weighted by Gasteiger charge is 2.17. The fourth-order valence-corrected chi connectivity index (χ4v) is 2.64. The number of para-hydroxylation sites is 2. The number of halogens is 2. The van der Waals surface area contributed by atoms with E-state index in [-0.39, 0.29) is 30.4 Å². The Kier molecular flexibility index (Phi) is 5.06. The van der Waals surface area contributed by atoms with Crippen molar-refractivity contribution in [3.8, 4) is 0 Å². The molecule has 1 amide bonds. The molecule has 2 aromatic carbocycles. The lowest BCUT2D eigenvalue weighted by Crippen LogP contribution is -2.27. The molecule has 134 valence electrons. The van der Waals surface area contributed by atoms with E-state index in [1.807, 2.05) is 24.3 Å². The number of hydrogen-bond acceptors (Lipinski definition) is 3. The van der Waals surface area contributed by atoms with Crippen molar-refractivity contribution in [3.63, 3.8) is 0 Å². The average molecular weight is 357 g/mol. The fourth-order valence-electron chi connectivity index (χ4n) is 2.64. The Bertz CT molecular complexity index is 935. The second-order valence-corrected chi connectivity index (χ2v) is 5.98. The third kappa shape index (κ3) is 3.93. The van der Waals surface area contributed by atoms with E-state index < -0.39 is 17.4 Å². The van der Waals surface area contributed by atoms with Gasteiger partial charge in [-0.2, -0.15) is 0 Å². The van der Waals surface area contributed by atoms with Crippen LogP contribution in [0.2, 0.25) is 0 Å². The van der Waals surface area contributed by atoms with Crippen LogP contribution in [0.5, 0.6) is 0 Å². The number of amides is 1. The number of rotatable bonds is 6. The van der Waals surface area contributed by atoms with Crippen molar-refractivity contribution >= 4 is 22.7 Å². The van der Waals surface area contributed by atoms with Gasteiger partial charge in [0, 0.05) is 18.9 Å². The Morgan fingerprint density at radius 1 is 1.15 bits per heavy atom. The number of imidazole rings is 1. The second-order valence-electron chi connectivity index (χ2n) is 5.98. The standard InChI is InChI=1S/C19H17F2N3O2/c1-11(19-23-15-4-2-3-5-16(15)24-19)22-18(26)9-8-17(25)13-7-6-12(20)10-14(13)21/h2-7,10-11H,8-9H2,1H3,(H,22,26)(H,23,24)/t11-/m1/s1. The number of hydrogen-bond donors (Lipinski definition) is 2. The molecule has 0 saturated heterocycles. The lowest BCUT2D eigenvalue weighted by atomic mass is 10.1. The van der Waals surface area contributed by atoms with E-state index in [9.17, 15) is 18.4 Å². The molecule has 0 aliphatic rings. The number of aromatic amines is 1. The zero-order chi connectivity index (χ0) is 18.7. The monoisotopic (exact) mass is 357 g/mol. The molecule has 0 bridgehead atoms. The molecular formula is C19H17F2N3O2. The first-order chi connectivity index (χ1) is 12.4. The summed E-state index contributed by atoms with van der Waals surface area (Å²) in [5.74, 6) is -1.97. The fraction of sp³-hybridized carbons (Fsp3) is 0.211. The molecule has 2 N–H and O–H groups in total. The summed E-state index contributed by atoms with van der Waals surface area (Å²) in [6.07, 6.45) is -0.262. The Labute approximate surface area is 148 Å². The van der Waals surface area contributed by atoms with Crippen LogP contribution >= 0.6 is 0 Å². The molecule has 0 fully saturated rings. The van der Waals surface area contributed by atoms with Crippen LogP contribution < -0.4 is 5.32 Å². The number of aromatic nitrogens is 2. The van der Waals surface area contributed by atoms with Crippen LogP contribution in [0.25, 0.3) is 11.0 Å². The van der Waals surface area contributed by atoms with Gasteiger partial charge in [-0.05, 0) is 31.2 Å². The quantitative estimate of drug-likeness (QED) is 0.661. The summed E-state index contributed by atoms with van der Waals surface area (Å²) in [5, 5.41) is 2.75. The molecule has 0 aliphatic carbocycles. The summed E-state index contributed by atoms with van der Waals surface area (Å²) in [7, 11) is 0. The van der Waals surface area contributed by atoms with Crippen LogP contribution in [-0.4, -0.2) is 21.7 Å². The van der Waals surface area contributed by atoms with E-state index in [1.165, 1.54) is 0 Å². The molecule has 1 heterocycles. The highest BCUT2D eigenvalue weighted by molar-refractivity contribution is 5.98. The van der Waals surface area contributed by atoms with Gasteiger partial charge in [-0.3, -0.25) is 9.59 Å². The minimum absolute atomic E-state index is 0.0970. The molecule has 1 aromatic heterocycles. The van der Waals surface area contributed by atoms with E-state index in [1.54, 1.807) is 6.92 Å². The number of carbonyl (C=O) groups excluding carboxylic acids is 2. The maximum atomic E-state index is 13.6. The van der Waals surface area contributed by atoms with Crippen molar-refractivity contribution in [2.75, 3.05) is 0 Å². The summed E-state index contributed by atoms with van der Waals surface area (Å²) in [5.41, 5.74) is 1.45. The van der Waals surface area contributed by atoms with E-state index in [2.05, 4.69) is 15.3 Å². The number of nitrogens with zero attached hydrogens (tertiary/aromatic N) is 1. The van der Waals surface area contributed by atoms with Crippen LogP contribution in [0.15, 0.2) is 42.5 Å². The molecule has 0 aliphatic heterocycles. The van der Waals surface area contributed by atoms with Crippen molar-refractivity contribution in [3.05, 3.63) is 65.5 Å². The first-order valence-corrected chi connectivity index (χ1v) is 8.16. The Morgan fingerprint density at radius 2 is 1.92 bits per heavy atom. The maximum absolute atomic E-state index is 13.6. The van der Waals surface area contributed by atoms with Gasteiger partial charge >= 0.3 is 0 Å². The molecular weight excluding hydrogens is 340 g/mol. The van der Waals surface area contributed by atoms with Gasteiger partial charge in [0.05, 0.1) is 22.6 Å². The molecule has 0 saturated carbocycles. The van der Waals surface area contributed by atoms with Crippen LogP contribution in [0.1, 0.15) is 42.0 Å². The molecule has 5 nitrogen and oxygen atoms in total. The largest absolute Gasteiger partial charge is 0.346 e. The van der Waals surface area contributed by atoms with Gasteiger partial charge in [-0.25, -0.2) is 13.8 Å². The predicted octanol–water partition coefficient (Wildman–Crippen LogP) is 3.68. The topological polar surface area (TPSA) is 74.8 Å². The highest BCUT2D eigenvalue weighted by atomic mass is 19.1. The van der Waals surface area contributed by atoms with E-state index >= 15 is 0 Å². The first kappa shape index (κ1) is 17.7. The van der Waals surface area contributed by atoms with Gasteiger partial charge in [-0.15, -0.1) is 0 Å². The third-order valence-corrected chi connectivity index (χ3v) is 4.01. The van der Waals surface area contributed by atoms with Crippen molar-refractivity contribution in [2.45, 2.75) is 25.8 Å². The number of fused-ring (bicyclic) bond motifs is 1. The molecule has 3 aromatic rings. The lowest BCUT2D eigenvalue weighted by Gasteiger charge is -2.11. The van der Waals surface area contributed by atoms with Crippen molar-refractivity contribution < 1.29 is 18.4 Å². The SMILES string of the molecule is C[C@@H](NC(=O)CCC(=O)c1ccc(F)cc1F)c1nc2ccccc2[nH]1. The summed E-state index contributed by atoms with van der Waals surface area (Å²) in [4.78, 5) is 31.6. The average Bonchev–Trinajstić information content (AvgIpc) is 3.04. The molecule has 26 heavy (non-hydrogen) atoms. The van der Waals surface area contributed by atoms with Gasteiger partial charge in [0.15, 0.2) is 5.78 Å². The molecule has 3 rings (SSSR count). The number of carbonyl (C=O) groups is 2. The first-order valence-electron chi connectivity index (χ1n) is 8.16. The highest BCUT2D eigenvalue weighted by Crippen LogP contribution is 2.16. The predicted molar refractivity (Wildman–Crippen MR) is 92.6 cm³/mol. The Morgan fingerprint density at radius 3 is 2.65 bits per heavy atom. The van der Waals surface area contributed by atoms with Gasteiger partial charge in [0.25, 0.3) is 0 Å². The minimum atomic E-state index is -0.925. The van der Waals surface area contributed by atoms with E-state index in [0.717, 1.165) is 23.2 Å². The van der Waals surface area contributed by atoms with Gasteiger partial charge in [0.2, 0.25) is 5.91 Å². The third-order valence-electron chi connectivity index (χ3n) is 4.01. The smallest absolute Gasteiger partial charge is 0.221 e. The van der Waals surface area contributed by atoms with Gasteiger partial charge in [0.1, 0.15) is 17.5 Å². The molecule has 0 spiro atoms. The van der Waals surface area contributed by atoms with E-state index in [4.69, 9.17) is 0 Å². The zero-order valence-corrected chi connectivity index (χ0v) is 14.1. The van der Waals surface area contributed by atoms with Crippen molar-refractivity contribution in [2.24, 2.45) is 0 Å². The molecule has 1 atom stereocenters. The summed E-state index contributed by atoms with van der Waals surface area (Å²) in [6, 6.07) is 9.88. The van der Waals surface area contributed by atoms with Gasteiger partial charge < -0.3 is 10.3 Å². The summed E-state index contributed by atoms with van der Waals surface area (Å²) < 4.78 is 26.5. The zero-order valence-electron chi connectivity index (χ0n) is 14.1. The van der Waals surface area contributed by atoms with Crippen molar-refractivity contribution in [1.82, 2.24) is 15.3 Å². The number of Topliss-reactive ketones (excluding diaryl/α,β-unsaturated/α-hetero) is 1. The lowest BCUT2D eigenvalue weighted by molar-refractivity contribution is -0.121. The van der Waals surface area contributed by atoms with Crippen LogP contribution in [-0.2, 0) is 4.79 Å². The van der Waals surface area contributed by atoms with Crippen LogP contribution in [0.4, 0.5) is 8.78 Å². The molecule has 7 heteroatoms. The number of H-pyrrole nitrogens is 1.